The van der Waals surface area contributed by atoms with Crippen LogP contribution in [0.3, 0.4) is 0 Å². The van der Waals surface area contributed by atoms with Gasteiger partial charge in [-0.2, -0.15) is 13.2 Å². The third-order valence-corrected chi connectivity index (χ3v) is 2.06. The Bertz CT molecular complexity index is 381. The lowest BCUT2D eigenvalue weighted by Crippen LogP contribution is -2.12. The monoisotopic (exact) mass is 220 g/mol. The zero-order chi connectivity index (χ0) is 11.6. The van der Waals surface area contributed by atoms with Gasteiger partial charge in [0.1, 0.15) is 0 Å². The molecule has 0 amide bonds. The maximum absolute atomic E-state index is 12.4. The molecule has 0 aromatic heterocycles. The van der Waals surface area contributed by atoms with Crippen molar-refractivity contribution in [3.63, 3.8) is 0 Å². The van der Waals surface area contributed by atoms with Crippen LogP contribution in [-0.4, -0.2) is 12.5 Å². The van der Waals surface area contributed by atoms with Crippen LogP contribution in [0.5, 0.6) is 0 Å². The number of carbonyl (C=O) groups is 1. The Morgan fingerprint density at radius 3 is 2.40 bits per heavy atom. The molecule has 15 heavy (non-hydrogen) atoms. The molecule has 0 N–H and O–H groups in total. The molecule has 0 fully saturated rings. The fraction of sp³-hybridized carbons (Fsp3) is 0.300. The van der Waals surface area contributed by atoms with E-state index in [1.807, 2.05) is 0 Å². The molecule has 0 saturated carbocycles. The lowest BCUT2D eigenvalue weighted by atomic mass is 9.99. The molecule has 0 heterocycles. The fourth-order valence-electron chi connectivity index (χ4n) is 1.32. The smallest absolute Gasteiger partial charge is 0.291 e. The van der Waals surface area contributed by atoms with E-state index in [4.69, 9.17) is 0 Å². The number of carbonyl (C=O) groups excluding carboxylic acids is 1. The Morgan fingerprint density at radius 1 is 1.33 bits per heavy atom. The summed E-state index contributed by atoms with van der Waals surface area (Å²) in [5.74, 6) is -0.932. The van der Waals surface area contributed by atoms with Gasteiger partial charge in [0.05, 0.1) is 5.56 Å². The Morgan fingerprint density at radius 2 is 1.93 bits per heavy atom. The van der Waals surface area contributed by atoms with E-state index in [9.17, 15) is 22.4 Å². The topological polar surface area (TPSA) is 17.1 Å². The minimum atomic E-state index is -4.52. The van der Waals surface area contributed by atoms with Gasteiger partial charge in [0.15, 0.2) is 12.5 Å². The second kappa shape index (κ2) is 4.00. The first-order valence-electron chi connectivity index (χ1n) is 4.14. The minimum absolute atomic E-state index is 0.215. The van der Waals surface area contributed by atoms with Gasteiger partial charge in [0.2, 0.25) is 0 Å². The number of ketones is 1. The van der Waals surface area contributed by atoms with Crippen LogP contribution in [0.25, 0.3) is 0 Å². The molecule has 1 aromatic rings. The van der Waals surface area contributed by atoms with Crippen LogP contribution in [0, 0.1) is 6.92 Å². The van der Waals surface area contributed by atoms with Gasteiger partial charge in [-0.25, -0.2) is 4.39 Å². The fourth-order valence-corrected chi connectivity index (χ4v) is 1.32. The third-order valence-electron chi connectivity index (χ3n) is 2.06. The maximum atomic E-state index is 12.4. The normalized spacial score (nSPS) is 11.5. The first-order chi connectivity index (χ1) is 6.88. The summed E-state index contributed by atoms with van der Waals surface area (Å²) in [6.45, 7) is -0.131. The summed E-state index contributed by atoms with van der Waals surface area (Å²) in [4.78, 5) is 11.0. The van der Waals surface area contributed by atoms with Gasteiger partial charge < -0.3 is 0 Å². The second-order valence-electron chi connectivity index (χ2n) is 3.03. The number of halogens is 4. The van der Waals surface area contributed by atoms with Crippen LogP contribution >= 0.6 is 0 Å². The highest BCUT2D eigenvalue weighted by Crippen LogP contribution is 2.32. The van der Waals surface area contributed by atoms with Gasteiger partial charge in [-0.05, 0) is 18.6 Å². The number of hydrogen-bond acceptors (Lipinski definition) is 1. The summed E-state index contributed by atoms with van der Waals surface area (Å²) < 4.78 is 49.2. The Labute approximate surface area is 83.7 Å². The van der Waals surface area contributed by atoms with Gasteiger partial charge >= 0.3 is 6.18 Å². The highest BCUT2D eigenvalue weighted by molar-refractivity contribution is 5.98. The van der Waals surface area contributed by atoms with Gasteiger partial charge in [-0.3, -0.25) is 4.79 Å². The van der Waals surface area contributed by atoms with Crippen molar-refractivity contribution in [2.45, 2.75) is 13.1 Å². The molecule has 1 nitrogen and oxygen atoms in total. The van der Waals surface area contributed by atoms with E-state index in [2.05, 4.69) is 0 Å². The van der Waals surface area contributed by atoms with Crippen molar-refractivity contribution in [3.8, 4) is 0 Å². The molecule has 0 radical (unpaired) electrons. The van der Waals surface area contributed by atoms with E-state index >= 15 is 0 Å². The lowest BCUT2D eigenvalue weighted by molar-refractivity contribution is -0.138. The van der Waals surface area contributed by atoms with Crippen LogP contribution in [0.4, 0.5) is 17.6 Å². The predicted molar refractivity (Wildman–Crippen MR) is 46.5 cm³/mol. The Kier molecular flexibility index (Phi) is 3.12. The summed E-state index contributed by atoms with van der Waals surface area (Å²) in [5, 5.41) is 0. The van der Waals surface area contributed by atoms with Crippen LogP contribution in [0.15, 0.2) is 18.2 Å². The molecule has 0 spiro atoms. The van der Waals surface area contributed by atoms with Crippen molar-refractivity contribution in [1.29, 1.82) is 0 Å². The molecular weight excluding hydrogens is 212 g/mol. The first kappa shape index (κ1) is 11.7. The predicted octanol–water partition coefficient (Wildman–Crippen LogP) is 3.17. The van der Waals surface area contributed by atoms with E-state index in [1.54, 1.807) is 0 Å². The molecular formula is C10H8F4O. The van der Waals surface area contributed by atoms with Crippen molar-refractivity contribution in [1.82, 2.24) is 0 Å². The van der Waals surface area contributed by atoms with Crippen LogP contribution < -0.4 is 0 Å². The molecule has 0 aliphatic rings. The highest BCUT2D eigenvalue weighted by atomic mass is 19.4. The molecule has 0 aliphatic heterocycles. The number of Topliss-reactive ketones (excluding diaryl/α,β-unsaturated/α-hetero) is 1. The molecule has 0 bridgehead atoms. The molecule has 0 unspecified atom stereocenters. The van der Waals surface area contributed by atoms with Crippen LogP contribution in [-0.2, 0) is 6.18 Å². The van der Waals surface area contributed by atoms with Gasteiger partial charge in [-0.1, -0.05) is 12.1 Å². The summed E-state index contributed by atoms with van der Waals surface area (Å²) in [5.41, 5.74) is -1.35. The van der Waals surface area contributed by atoms with Gasteiger partial charge in [0, 0.05) is 5.56 Å². The lowest BCUT2D eigenvalue weighted by Gasteiger charge is -2.12. The van der Waals surface area contributed by atoms with Crippen molar-refractivity contribution in [2.75, 3.05) is 6.67 Å². The summed E-state index contributed by atoms with van der Waals surface area (Å²) >= 11 is 0. The average molecular weight is 220 g/mol. The second-order valence-corrected chi connectivity index (χ2v) is 3.03. The molecule has 82 valence electrons. The third kappa shape index (κ3) is 2.34. The SMILES string of the molecule is Cc1c(C(=O)CF)cccc1C(F)(F)F. The standard InChI is InChI=1S/C10H8F4O/c1-6-7(9(15)5-11)3-2-4-8(6)10(12,13)14/h2-4H,5H2,1H3. The van der Waals surface area contributed by atoms with Crippen molar-refractivity contribution >= 4 is 5.78 Å². The van der Waals surface area contributed by atoms with E-state index in [0.717, 1.165) is 19.1 Å². The number of hydrogen-bond donors (Lipinski definition) is 0. The van der Waals surface area contributed by atoms with Crippen LogP contribution in [0.2, 0.25) is 0 Å². The van der Waals surface area contributed by atoms with E-state index < -0.39 is 24.2 Å². The molecule has 1 aromatic carbocycles. The summed E-state index contributed by atoms with van der Waals surface area (Å²) in [6.07, 6.45) is -4.52. The Balaban J connectivity index is 3.30. The minimum Gasteiger partial charge on any atom is -0.291 e. The van der Waals surface area contributed by atoms with Crippen LogP contribution in [0.1, 0.15) is 21.5 Å². The van der Waals surface area contributed by atoms with E-state index in [1.165, 1.54) is 6.07 Å². The number of alkyl halides is 4. The van der Waals surface area contributed by atoms with Gasteiger partial charge in [-0.15, -0.1) is 0 Å². The first-order valence-corrected chi connectivity index (χ1v) is 4.14. The van der Waals surface area contributed by atoms with E-state index in [-0.39, 0.29) is 11.1 Å². The summed E-state index contributed by atoms with van der Waals surface area (Å²) in [7, 11) is 0. The Hall–Kier alpha value is -1.39. The highest BCUT2D eigenvalue weighted by Gasteiger charge is 2.33. The maximum Gasteiger partial charge on any atom is 0.416 e. The molecule has 0 saturated heterocycles. The quantitative estimate of drug-likeness (QED) is 0.552. The van der Waals surface area contributed by atoms with Gasteiger partial charge in [0.25, 0.3) is 0 Å². The van der Waals surface area contributed by atoms with E-state index in [0.29, 0.717) is 0 Å². The number of rotatable bonds is 2. The molecule has 0 aliphatic carbocycles. The van der Waals surface area contributed by atoms with Crippen molar-refractivity contribution in [2.24, 2.45) is 0 Å². The zero-order valence-corrected chi connectivity index (χ0v) is 7.86. The number of benzene rings is 1. The average Bonchev–Trinajstić information content (AvgIpc) is 2.15. The molecule has 1 rings (SSSR count). The summed E-state index contributed by atoms with van der Waals surface area (Å²) in [6, 6.07) is 3.15. The van der Waals surface area contributed by atoms with Crippen molar-refractivity contribution < 1.29 is 22.4 Å². The molecule has 0 atom stereocenters. The van der Waals surface area contributed by atoms with Crippen molar-refractivity contribution in [3.05, 3.63) is 34.9 Å². The zero-order valence-electron chi connectivity index (χ0n) is 7.86. The molecule has 5 heteroatoms. The largest absolute Gasteiger partial charge is 0.416 e.